The van der Waals surface area contributed by atoms with Crippen LogP contribution in [-0.2, 0) is 10.0 Å². The molecule has 1 saturated heterocycles. The number of sulfonamides is 1. The van der Waals surface area contributed by atoms with Gasteiger partial charge >= 0.3 is 0 Å². The molecule has 0 aromatic carbocycles. The second-order valence-electron chi connectivity index (χ2n) is 6.40. The summed E-state index contributed by atoms with van der Waals surface area (Å²) in [6.07, 6.45) is 4.70. The number of rotatable bonds is 4. The van der Waals surface area contributed by atoms with Crippen LogP contribution in [0.4, 0.5) is 0 Å². The smallest absolute Gasteiger partial charge is 0.274 e. The van der Waals surface area contributed by atoms with Crippen molar-refractivity contribution < 1.29 is 13.2 Å². The van der Waals surface area contributed by atoms with Crippen LogP contribution in [0.5, 0.6) is 0 Å². The number of carbonyl (C=O) groups excluding carboxylic acids is 1. The number of hydrogen-bond donors (Lipinski definition) is 1. The highest BCUT2D eigenvalue weighted by molar-refractivity contribution is 7.88. The molecule has 3 heterocycles. The van der Waals surface area contributed by atoms with Crippen molar-refractivity contribution >= 4 is 21.6 Å². The molecule has 1 N–H and O–H groups in total. The van der Waals surface area contributed by atoms with Crippen molar-refractivity contribution in [3.8, 4) is 0 Å². The first-order valence-corrected chi connectivity index (χ1v) is 9.91. The predicted molar refractivity (Wildman–Crippen MR) is 91.4 cm³/mol. The first-order valence-electron chi connectivity index (χ1n) is 8.02. The number of piperidine rings is 1. The first kappa shape index (κ1) is 16.9. The highest BCUT2D eigenvalue weighted by Crippen LogP contribution is 2.19. The second kappa shape index (κ2) is 6.52. The summed E-state index contributed by atoms with van der Waals surface area (Å²) in [6.45, 7) is 3.57. The fourth-order valence-electron chi connectivity index (χ4n) is 3.10. The molecule has 1 amide bonds. The van der Waals surface area contributed by atoms with Crippen LogP contribution in [0.25, 0.3) is 5.65 Å². The maximum Gasteiger partial charge on any atom is 0.274 e. The van der Waals surface area contributed by atoms with Gasteiger partial charge in [0.25, 0.3) is 5.91 Å². The third kappa shape index (κ3) is 3.76. The van der Waals surface area contributed by atoms with E-state index in [2.05, 4.69) is 9.71 Å². The quantitative estimate of drug-likeness (QED) is 0.893. The van der Waals surface area contributed by atoms with Crippen LogP contribution in [0, 0.1) is 12.8 Å². The Balaban J connectivity index is 1.72. The molecule has 1 fully saturated rings. The molecule has 0 bridgehead atoms. The normalized spacial score (nSPS) is 18.9. The highest BCUT2D eigenvalue weighted by Gasteiger charge is 2.26. The number of fused-ring (bicyclic) bond motifs is 1. The van der Waals surface area contributed by atoms with Gasteiger partial charge in [0, 0.05) is 31.5 Å². The fraction of sp³-hybridized carbons (Fsp3) is 0.500. The molecule has 24 heavy (non-hydrogen) atoms. The van der Waals surface area contributed by atoms with E-state index in [9.17, 15) is 13.2 Å². The summed E-state index contributed by atoms with van der Waals surface area (Å²) in [7, 11) is -3.20. The van der Waals surface area contributed by atoms with Gasteiger partial charge in [0.2, 0.25) is 10.0 Å². The zero-order valence-corrected chi connectivity index (χ0v) is 14.7. The Hall–Kier alpha value is -1.93. The summed E-state index contributed by atoms with van der Waals surface area (Å²) in [5, 5.41) is 0. The van der Waals surface area contributed by atoms with Crippen LogP contribution in [0.15, 0.2) is 24.4 Å². The van der Waals surface area contributed by atoms with Crippen LogP contribution in [0.2, 0.25) is 0 Å². The number of pyridine rings is 1. The van der Waals surface area contributed by atoms with E-state index >= 15 is 0 Å². The topological polar surface area (TPSA) is 83.8 Å². The molecule has 0 unspecified atom stereocenters. The third-order valence-electron chi connectivity index (χ3n) is 4.36. The Kier molecular flexibility index (Phi) is 4.60. The molecule has 0 spiro atoms. The number of carbonyl (C=O) groups is 1. The minimum absolute atomic E-state index is 0.0952. The standard InChI is InChI=1S/C16H22N4O3S/c1-12-5-3-7-15-18-14(11-20(12)15)16(21)19-8-4-6-13(10-19)9-17-24(2,22)23/h3,5,7,11,13,17H,4,6,8-10H2,1-2H3/t13-/m0/s1. The van der Waals surface area contributed by atoms with Crippen molar-refractivity contribution in [1.29, 1.82) is 0 Å². The lowest BCUT2D eigenvalue weighted by Crippen LogP contribution is -2.43. The molecule has 0 aliphatic carbocycles. The number of likely N-dealkylation sites (tertiary alicyclic amines) is 1. The molecule has 3 rings (SSSR count). The summed E-state index contributed by atoms with van der Waals surface area (Å²) in [6, 6.07) is 5.76. The van der Waals surface area contributed by atoms with E-state index in [0.29, 0.717) is 25.3 Å². The molecule has 1 atom stereocenters. The van der Waals surface area contributed by atoms with Gasteiger partial charge in [0.15, 0.2) is 0 Å². The van der Waals surface area contributed by atoms with Crippen molar-refractivity contribution in [2.24, 2.45) is 5.92 Å². The minimum Gasteiger partial charge on any atom is -0.337 e. The molecule has 2 aromatic rings. The van der Waals surface area contributed by atoms with E-state index < -0.39 is 10.0 Å². The minimum atomic E-state index is -3.20. The molecular weight excluding hydrogens is 328 g/mol. The lowest BCUT2D eigenvalue weighted by atomic mass is 9.98. The van der Waals surface area contributed by atoms with Crippen LogP contribution in [0.3, 0.4) is 0 Å². The molecule has 2 aromatic heterocycles. The average molecular weight is 350 g/mol. The largest absolute Gasteiger partial charge is 0.337 e. The summed E-state index contributed by atoms with van der Waals surface area (Å²) in [5.41, 5.74) is 2.21. The molecular formula is C16H22N4O3S. The van der Waals surface area contributed by atoms with Gasteiger partial charge in [-0.1, -0.05) is 6.07 Å². The Bertz CT molecular complexity index is 859. The lowest BCUT2D eigenvalue weighted by molar-refractivity contribution is 0.0671. The average Bonchev–Trinajstić information content (AvgIpc) is 2.97. The van der Waals surface area contributed by atoms with E-state index in [1.165, 1.54) is 0 Å². The Morgan fingerprint density at radius 2 is 2.21 bits per heavy atom. The molecule has 1 aliphatic heterocycles. The molecule has 8 heteroatoms. The van der Waals surface area contributed by atoms with E-state index in [0.717, 1.165) is 30.4 Å². The van der Waals surface area contributed by atoms with Crippen molar-refractivity contribution in [3.63, 3.8) is 0 Å². The van der Waals surface area contributed by atoms with Gasteiger partial charge in [-0.2, -0.15) is 0 Å². The van der Waals surface area contributed by atoms with Crippen LogP contribution in [-0.4, -0.2) is 54.5 Å². The van der Waals surface area contributed by atoms with Gasteiger partial charge in [-0.3, -0.25) is 4.79 Å². The monoisotopic (exact) mass is 350 g/mol. The number of nitrogens with one attached hydrogen (secondary N) is 1. The van der Waals surface area contributed by atoms with Crippen molar-refractivity contribution in [1.82, 2.24) is 19.0 Å². The second-order valence-corrected chi connectivity index (χ2v) is 8.23. The van der Waals surface area contributed by atoms with Crippen molar-refractivity contribution in [2.75, 3.05) is 25.9 Å². The van der Waals surface area contributed by atoms with Gasteiger partial charge in [0.05, 0.1) is 6.26 Å². The van der Waals surface area contributed by atoms with E-state index in [-0.39, 0.29) is 11.8 Å². The number of imidazole rings is 1. The number of aryl methyl sites for hydroxylation is 1. The third-order valence-corrected chi connectivity index (χ3v) is 5.05. The summed E-state index contributed by atoms with van der Waals surface area (Å²) >= 11 is 0. The maximum atomic E-state index is 12.7. The zero-order chi connectivity index (χ0) is 17.3. The van der Waals surface area contributed by atoms with Crippen LogP contribution in [0.1, 0.15) is 29.0 Å². The van der Waals surface area contributed by atoms with Gasteiger partial charge in [-0.15, -0.1) is 0 Å². The number of aromatic nitrogens is 2. The maximum absolute atomic E-state index is 12.7. The van der Waals surface area contributed by atoms with Crippen molar-refractivity contribution in [2.45, 2.75) is 19.8 Å². The van der Waals surface area contributed by atoms with E-state index in [4.69, 9.17) is 0 Å². The SMILES string of the molecule is Cc1cccc2nc(C(=O)N3CCC[C@@H](CNS(C)(=O)=O)C3)cn12. The summed E-state index contributed by atoms with van der Waals surface area (Å²) < 4.78 is 26.9. The Morgan fingerprint density at radius 3 is 2.92 bits per heavy atom. The lowest BCUT2D eigenvalue weighted by Gasteiger charge is -2.32. The zero-order valence-electron chi connectivity index (χ0n) is 13.9. The molecule has 7 nitrogen and oxygen atoms in total. The van der Waals surface area contributed by atoms with Gasteiger partial charge in [-0.25, -0.2) is 18.1 Å². The van der Waals surface area contributed by atoms with Crippen LogP contribution >= 0.6 is 0 Å². The fourth-order valence-corrected chi connectivity index (χ4v) is 3.64. The van der Waals surface area contributed by atoms with Gasteiger partial charge in [-0.05, 0) is 37.8 Å². The highest BCUT2D eigenvalue weighted by atomic mass is 32.2. The molecule has 130 valence electrons. The van der Waals surface area contributed by atoms with E-state index in [1.54, 1.807) is 11.1 Å². The summed E-state index contributed by atoms with van der Waals surface area (Å²) in [5.74, 6) is 0.0401. The Labute approximate surface area is 141 Å². The molecule has 0 saturated carbocycles. The van der Waals surface area contributed by atoms with Gasteiger partial charge < -0.3 is 9.30 Å². The van der Waals surface area contributed by atoms with E-state index in [1.807, 2.05) is 29.5 Å². The number of nitrogens with zero attached hydrogens (tertiary/aromatic N) is 3. The number of hydrogen-bond acceptors (Lipinski definition) is 4. The number of amides is 1. The Morgan fingerprint density at radius 1 is 1.42 bits per heavy atom. The van der Waals surface area contributed by atoms with Gasteiger partial charge in [0.1, 0.15) is 11.3 Å². The van der Waals surface area contributed by atoms with Crippen LogP contribution < -0.4 is 4.72 Å². The molecule has 0 radical (unpaired) electrons. The summed E-state index contributed by atoms with van der Waals surface area (Å²) in [4.78, 5) is 18.9. The van der Waals surface area contributed by atoms with Crippen molar-refractivity contribution in [3.05, 3.63) is 35.8 Å². The molecule has 1 aliphatic rings. The predicted octanol–water partition coefficient (Wildman–Crippen LogP) is 1.04. The first-order chi connectivity index (χ1) is 11.3.